The second kappa shape index (κ2) is 7.31. The summed E-state index contributed by atoms with van der Waals surface area (Å²) in [5.74, 6) is -0.360. The molecule has 0 bridgehead atoms. The van der Waals surface area contributed by atoms with E-state index in [0.29, 0.717) is 54.3 Å². The number of benzene rings is 3. The molecule has 172 valence electrons. The van der Waals surface area contributed by atoms with Crippen LogP contribution in [0.25, 0.3) is 32.9 Å². The Balaban J connectivity index is 1.36. The van der Waals surface area contributed by atoms with Crippen molar-refractivity contribution in [2.75, 3.05) is 41.7 Å². The summed E-state index contributed by atoms with van der Waals surface area (Å²) in [5, 5.41) is 20.8. The number of phenolic OH excluding ortho intramolecular Hbond substituents is 2. The summed E-state index contributed by atoms with van der Waals surface area (Å²) < 4.78 is 7.71. The van der Waals surface area contributed by atoms with Crippen LogP contribution in [0.15, 0.2) is 57.7 Å². The molecule has 9 nitrogen and oxygen atoms in total. The Morgan fingerprint density at radius 1 is 0.971 bits per heavy atom. The van der Waals surface area contributed by atoms with Gasteiger partial charge in [0.25, 0.3) is 6.01 Å². The lowest BCUT2D eigenvalue weighted by atomic mass is 10.1. The summed E-state index contributed by atoms with van der Waals surface area (Å²) >= 11 is 0. The van der Waals surface area contributed by atoms with Crippen molar-refractivity contribution >= 4 is 50.3 Å². The number of oxazole rings is 1. The number of hydrogen-bond donors (Lipinski definition) is 3. The Labute approximate surface area is 193 Å². The zero-order chi connectivity index (χ0) is 23.6. The Bertz CT molecular complexity index is 1610. The number of aromatic nitrogens is 2. The van der Waals surface area contributed by atoms with Crippen molar-refractivity contribution in [1.29, 1.82) is 0 Å². The maximum absolute atomic E-state index is 13.1. The molecule has 0 amide bonds. The van der Waals surface area contributed by atoms with Crippen molar-refractivity contribution in [1.82, 2.24) is 9.55 Å². The first-order valence-electron chi connectivity index (χ1n) is 11.0. The summed E-state index contributed by atoms with van der Waals surface area (Å²) in [6, 6.07) is 14.5. The number of hydrogen-bond acceptors (Lipinski definition) is 8. The fourth-order valence-electron chi connectivity index (χ4n) is 4.82. The minimum atomic E-state index is -0.320. The summed E-state index contributed by atoms with van der Waals surface area (Å²) in [6.45, 7) is 2.83. The van der Waals surface area contributed by atoms with E-state index >= 15 is 0 Å². The number of rotatable bonds is 2. The maximum Gasteiger partial charge on any atom is 0.298 e. The lowest BCUT2D eigenvalue weighted by molar-refractivity contribution is 0.454. The molecule has 3 aromatic carbocycles. The summed E-state index contributed by atoms with van der Waals surface area (Å²) in [7, 11) is 1.80. The van der Waals surface area contributed by atoms with Crippen LogP contribution < -0.4 is 21.0 Å². The Morgan fingerprint density at radius 3 is 2.47 bits per heavy atom. The first-order valence-corrected chi connectivity index (χ1v) is 11.0. The first-order chi connectivity index (χ1) is 16.4. The Morgan fingerprint density at radius 2 is 1.71 bits per heavy atom. The van der Waals surface area contributed by atoms with Crippen molar-refractivity contribution in [3.63, 3.8) is 0 Å². The molecule has 2 aromatic heterocycles. The number of para-hydroxylation sites is 2. The van der Waals surface area contributed by atoms with Gasteiger partial charge in [-0.3, -0.25) is 4.79 Å². The van der Waals surface area contributed by atoms with Crippen LogP contribution in [0.2, 0.25) is 0 Å². The number of aryl methyl sites for hydroxylation is 1. The third-order valence-electron chi connectivity index (χ3n) is 6.59. The van der Waals surface area contributed by atoms with E-state index in [-0.39, 0.29) is 22.3 Å². The molecule has 5 aromatic rings. The smallest absolute Gasteiger partial charge is 0.298 e. The molecule has 1 aliphatic heterocycles. The number of nitrogen functional groups attached to an aromatic ring is 1. The predicted octanol–water partition coefficient (Wildman–Crippen LogP) is 3.15. The largest absolute Gasteiger partial charge is 0.508 e. The van der Waals surface area contributed by atoms with E-state index < -0.39 is 0 Å². The third-order valence-corrected chi connectivity index (χ3v) is 6.59. The average molecular weight is 457 g/mol. The molecule has 1 aliphatic rings. The minimum Gasteiger partial charge on any atom is -0.508 e. The number of aromatic hydroxyl groups is 2. The van der Waals surface area contributed by atoms with Gasteiger partial charge in [0, 0.05) is 50.7 Å². The summed E-state index contributed by atoms with van der Waals surface area (Å²) in [5.41, 5.74) is 10.1. The van der Waals surface area contributed by atoms with E-state index in [2.05, 4.69) is 14.8 Å². The molecule has 3 heterocycles. The van der Waals surface area contributed by atoms with E-state index in [0.717, 1.165) is 16.8 Å². The topological polar surface area (TPSA) is 121 Å². The standard InChI is InChI=1S/C25H23N5O4/c1-28-18-13-19(16(26)12-15(18)24(33)23-20(28)10-14(31)11-21(23)32)29-6-8-30(9-7-29)25-27-17-4-2-3-5-22(17)34-25/h2-5,10-13,31-32H,6-9,26H2,1H3. The van der Waals surface area contributed by atoms with Crippen LogP contribution in [-0.2, 0) is 7.05 Å². The van der Waals surface area contributed by atoms with Gasteiger partial charge >= 0.3 is 0 Å². The zero-order valence-corrected chi connectivity index (χ0v) is 18.5. The molecule has 9 heteroatoms. The van der Waals surface area contributed by atoms with Crippen molar-refractivity contribution in [2.24, 2.45) is 7.05 Å². The fraction of sp³-hybridized carbons (Fsp3) is 0.200. The Kier molecular flexibility index (Phi) is 4.35. The van der Waals surface area contributed by atoms with Gasteiger partial charge in [0.15, 0.2) is 5.58 Å². The van der Waals surface area contributed by atoms with Crippen LogP contribution in [0.1, 0.15) is 0 Å². The second-order valence-electron chi connectivity index (χ2n) is 8.61. The van der Waals surface area contributed by atoms with Gasteiger partial charge in [-0.1, -0.05) is 12.1 Å². The molecule has 0 aliphatic carbocycles. The van der Waals surface area contributed by atoms with Gasteiger partial charge < -0.3 is 34.7 Å². The van der Waals surface area contributed by atoms with Crippen molar-refractivity contribution in [2.45, 2.75) is 0 Å². The van der Waals surface area contributed by atoms with Gasteiger partial charge in [0.2, 0.25) is 5.43 Å². The van der Waals surface area contributed by atoms with Gasteiger partial charge in [-0.05, 0) is 24.3 Å². The van der Waals surface area contributed by atoms with Gasteiger partial charge in [-0.25, -0.2) is 0 Å². The Hall–Kier alpha value is -4.40. The van der Waals surface area contributed by atoms with Crippen LogP contribution in [0, 0.1) is 0 Å². The molecule has 0 saturated carbocycles. The van der Waals surface area contributed by atoms with Crippen LogP contribution in [-0.4, -0.2) is 45.9 Å². The molecule has 0 unspecified atom stereocenters. The van der Waals surface area contributed by atoms with Crippen LogP contribution in [0.4, 0.5) is 17.4 Å². The van der Waals surface area contributed by atoms with E-state index in [1.165, 1.54) is 12.1 Å². The highest BCUT2D eigenvalue weighted by atomic mass is 16.4. The van der Waals surface area contributed by atoms with Crippen LogP contribution >= 0.6 is 0 Å². The number of nitrogens with zero attached hydrogens (tertiary/aromatic N) is 4. The van der Waals surface area contributed by atoms with Crippen LogP contribution in [0.5, 0.6) is 11.5 Å². The molecule has 34 heavy (non-hydrogen) atoms. The first kappa shape index (κ1) is 20.2. The summed E-state index contributed by atoms with van der Waals surface area (Å²) in [6.07, 6.45) is 0. The van der Waals surface area contributed by atoms with E-state index in [4.69, 9.17) is 10.2 Å². The third kappa shape index (κ3) is 3.01. The van der Waals surface area contributed by atoms with Crippen molar-refractivity contribution in [3.8, 4) is 11.5 Å². The molecule has 0 atom stereocenters. The lowest BCUT2D eigenvalue weighted by Crippen LogP contribution is -2.46. The molecule has 1 saturated heterocycles. The van der Waals surface area contributed by atoms with Gasteiger partial charge in [-0.2, -0.15) is 4.98 Å². The second-order valence-corrected chi connectivity index (χ2v) is 8.61. The molecular weight excluding hydrogens is 434 g/mol. The molecule has 6 rings (SSSR count). The predicted molar refractivity (Wildman–Crippen MR) is 133 cm³/mol. The molecule has 0 radical (unpaired) electrons. The summed E-state index contributed by atoms with van der Waals surface area (Å²) in [4.78, 5) is 22.0. The van der Waals surface area contributed by atoms with Crippen LogP contribution in [0.3, 0.4) is 0 Å². The number of anilines is 3. The number of nitrogens with two attached hydrogens (primary N) is 1. The van der Waals surface area contributed by atoms with E-state index in [9.17, 15) is 15.0 Å². The monoisotopic (exact) mass is 457 g/mol. The quantitative estimate of drug-likeness (QED) is 0.273. The average Bonchev–Trinajstić information content (AvgIpc) is 3.26. The highest BCUT2D eigenvalue weighted by Crippen LogP contribution is 2.34. The zero-order valence-electron chi connectivity index (χ0n) is 18.5. The number of piperazine rings is 1. The highest BCUT2D eigenvalue weighted by molar-refractivity contribution is 6.00. The highest BCUT2D eigenvalue weighted by Gasteiger charge is 2.24. The SMILES string of the molecule is Cn1c2cc(N3CCN(c4nc5ccccc5o4)CC3)c(N)cc2c(=O)c2c(O)cc(O)cc21. The van der Waals surface area contributed by atoms with Gasteiger partial charge in [0.1, 0.15) is 17.0 Å². The molecule has 0 spiro atoms. The number of pyridine rings is 1. The normalized spacial score (nSPS) is 14.5. The minimum absolute atomic E-state index is 0.106. The molecular formula is C25H23N5O4. The maximum atomic E-state index is 13.1. The lowest BCUT2D eigenvalue weighted by Gasteiger charge is -2.36. The molecule has 4 N–H and O–H groups in total. The fourth-order valence-corrected chi connectivity index (χ4v) is 4.82. The van der Waals surface area contributed by atoms with Gasteiger partial charge in [0.05, 0.1) is 27.8 Å². The number of fused-ring (bicyclic) bond motifs is 3. The van der Waals surface area contributed by atoms with E-state index in [1.54, 1.807) is 17.7 Å². The van der Waals surface area contributed by atoms with Crippen molar-refractivity contribution < 1.29 is 14.6 Å². The molecule has 1 fully saturated rings. The number of phenols is 2. The van der Waals surface area contributed by atoms with Gasteiger partial charge in [-0.15, -0.1) is 0 Å². The van der Waals surface area contributed by atoms with Crippen molar-refractivity contribution in [3.05, 3.63) is 58.8 Å². The van der Waals surface area contributed by atoms with E-state index in [1.807, 2.05) is 30.3 Å².